The molecule has 1 aliphatic rings. The predicted molar refractivity (Wildman–Crippen MR) is 143 cm³/mol. The van der Waals surface area contributed by atoms with E-state index in [9.17, 15) is 14.7 Å². The fourth-order valence-electron chi connectivity index (χ4n) is 3.98. The first-order valence-corrected chi connectivity index (χ1v) is 14.0. The van der Waals surface area contributed by atoms with E-state index in [4.69, 9.17) is 14.7 Å². The Labute approximate surface area is 228 Å². The highest BCUT2D eigenvalue weighted by molar-refractivity contribution is 8.01. The maximum absolute atomic E-state index is 12.3. The smallest absolute Gasteiger partial charge is 0.243 e. The van der Waals surface area contributed by atoms with Crippen LogP contribution in [0.3, 0.4) is 0 Å². The van der Waals surface area contributed by atoms with Gasteiger partial charge in [0.2, 0.25) is 11.8 Å². The van der Waals surface area contributed by atoms with Crippen LogP contribution in [-0.2, 0) is 25.7 Å². The van der Waals surface area contributed by atoms with Crippen molar-refractivity contribution in [2.75, 3.05) is 11.1 Å². The van der Waals surface area contributed by atoms with Gasteiger partial charge >= 0.3 is 0 Å². The summed E-state index contributed by atoms with van der Waals surface area (Å²) in [5, 5.41) is 30.0. The molecule has 12 heteroatoms. The van der Waals surface area contributed by atoms with Crippen molar-refractivity contribution < 1.29 is 29.4 Å². The van der Waals surface area contributed by atoms with Gasteiger partial charge in [0.15, 0.2) is 10.6 Å². The summed E-state index contributed by atoms with van der Waals surface area (Å²) in [5.41, 5.74) is 4.74. The van der Waals surface area contributed by atoms with Gasteiger partial charge in [0.05, 0.1) is 18.8 Å². The van der Waals surface area contributed by atoms with E-state index in [0.717, 1.165) is 26.0 Å². The number of anilines is 1. The van der Waals surface area contributed by atoms with Crippen molar-refractivity contribution >= 4 is 40.6 Å². The van der Waals surface area contributed by atoms with Gasteiger partial charge in [-0.25, -0.2) is 5.48 Å². The Morgan fingerprint density at radius 2 is 1.87 bits per heavy atom. The molecule has 2 heterocycles. The lowest BCUT2D eigenvalue weighted by Crippen LogP contribution is -2.31. The first-order chi connectivity index (χ1) is 18.4. The zero-order chi connectivity index (χ0) is 26.9. The number of hydroxylamine groups is 1. The molecule has 0 radical (unpaired) electrons. The van der Waals surface area contributed by atoms with Crippen LogP contribution in [0.4, 0.5) is 5.69 Å². The maximum atomic E-state index is 12.3. The van der Waals surface area contributed by atoms with Gasteiger partial charge in [-0.1, -0.05) is 59.5 Å². The summed E-state index contributed by atoms with van der Waals surface area (Å²) >= 11 is 3.15. The van der Waals surface area contributed by atoms with Gasteiger partial charge in [0.1, 0.15) is 5.01 Å². The highest BCUT2D eigenvalue weighted by Crippen LogP contribution is 2.40. The lowest BCUT2D eigenvalue weighted by Gasteiger charge is -2.36. The molecule has 202 valence electrons. The van der Waals surface area contributed by atoms with Crippen LogP contribution in [0.1, 0.15) is 59.8 Å². The summed E-state index contributed by atoms with van der Waals surface area (Å²) in [6, 6.07) is 15.0. The zero-order valence-corrected chi connectivity index (χ0v) is 22.5. The highest BCUT2D eigenvalue weighted by atomic mass is 32.2. The lowest BCUT2D eigenvalue weighted by molar-refractivity contribution is -0.245. The molecule has 2 amide bonds. The molecule has 0 spiro atoms. The predicted octanol–water partition coefficient (Wildman–Crippen LogP) is 4.29. The average molecular weight is 559 g/mol. The Hall–Kier alpha value is -2.87. The van der Waals surface area contributed by atoms with Crippen molar-refractivity contribution in [1.82, 2.24) is 15.7 Å². The number of carbonyl (C=O) groups excluding carboxylic acids is 2. The quantitative estimate of drug-likeness (QED) is 0.154. The Balaban J connectivity index is 1.46. The van der Waals surface area contributed by atoms with Gasteiger partial charge in [0.25, 0.3) is 0 Å². The molecule has 1 saturated heterocycles. The van der Waals surface area contributed by atoms with Crippen molar-refractivity contribution in [2.45, 2.75) is 62.1 Å². The molecule has 1 aromatic heterocycles. The number of aromatic nitrogens is 2. The number of amides is 2. The molecule has 4 N–H and O–H groups in total. The third-order valence-electron chi connectivity index (χ3n) is 5.89. The second-order valence-corrected chi connectivity index (χ2v) is 11.3. The normalized spacial score (nSPS) is 19.2. The number of thioether (sulfide) groups is 1. The number of nitrogens with zero attached hydrogens (tertiary/aromatic N) is 2. The Morgan fingerprint density at radius 1 is 1.08 bits per heavy atom. The number of hydrogen-bond acceptors (Lipinski definition) is 10. The summed E-state index contributed by atoms with van der Waals surface area (Å²) in [7, 11) is 0. The van der Waals surface area contributed by atoms with Crippen LogP contribution in [0, 0.1) is 6.92 Å². The molecule has 3 aromatic rings. The minimum Gasteiger partial charge on any atom is -0.392 e. The Morgan fingerprint density at radius 3 is 2.58 bits per heavy atom. The second kappa shape index (κ2) is 13.8. The summed E-state index contributed by atoms with van der Waals surface area (Å²) in [5.74, 6) is -0.0832. The van der Waals surface area contributed by atoms with E-state index in [1.54, 1.807) is 34.6 Å². The van der Waals surface area contributed by atoms with E-state index in [1.165, 1.54) is 0 Å². The Kier molecular flexibility index (Phi) is 10.2. The summed E-state index contributed by atoms with van der Waals surface area (Å²) in [6.45, 7) is 1.90. The van der Waals surface area contributed by atoms with Gasteiger partial charge in [0, 0.05) is 36.3 Å². The number of hydrogen-bond donors (Lipinski definition) is 4. The zero-order valence-electron chi connectivity index (χ0n) is 20.8. The number of rotatable bonds is 11. The van der Waals surface area contributed by atoms with E-state index >= 15 is 0 Å². The van der Waals surface area contributed by atoms with Crippen LogP contribution in [0.25, 0.3) is 0 Å². The molecule has 0 bridgehead atoms. The molecule has 38 heavy (non-hydrogen) atoms. The van der Waals surface area contributed by atoms with E-state index in [0.29, 0.717) is 24.3 Å². The molecule has 3 atom stereocenters. The van der Waals surface area contributed by atoms with Gasteiger partial charge in [-0.15, -0.1) is 10.2 Å². The van der Waals surface area contributed by atoms with Crippen molar-refractivity contribution in [3.63, 3.8) is 0 Å². The van der Waals surface area contributed by atoms with E-state index in [2.05, 4.69) is 15.5 Å². The fraction of sp³-hybridized carbons (Fsp3) is 0.385. The van der Waals surface area contributed by atoms with Crippen molar-refractivity contribution in [3.05, 3.63) is 70.2 Å². The van der Waals surface area contributed by atoms with Crippen molar-refractivity contribution in [1.29, 1.82) is 0 Å². The Bertz CT molecular complexity index is 1220. The SMILES string of the molecule is Cc1nnc(SC[C@H]2C[C@@H](c3ccc(CO)cc3)O[C@@H](c3cccc(NC(=O)CCCC(=O)NO)c3)O2)s1. The average Bonchev–Trinajstić information content (AvgIpc) is 3.36. The number of nitrogens with one attached hydrogen (secondary N) is 2. The van der Waals surface area contributed by atoms with Crippen LogP contribution in [0.5, 0.6) is 0 Å². The monoisotopic (exact) mass is 558 g/mol. The summed E-state index contributed by atoms with van der Waals surface area (Å²) in [4.78, 5) is 23.5. The topological polar surface area (TPSA) is 143 Å². The van der Waals surface area contributed by atoms with Gasteiger partial charge in [-0.2, -0.15) is 0 Å². The molecule has 2 aromatic carbocycles. The minimum atomic E-state index is -0.655. The van der Waals surface area contributed by atoms with Crippen LogP contribution in [0.2, 0.25) is 0 Å². The van der Waals surface area contributed by atoms with Crippen LogP contribution in [0.15, 0.2) is 52.9 Å². The molecular weight excluding hydrogens is 528 g/mol. The molecule has 1 aliphatic heterocycles. The number of aliphatic hydroxyl groups is 1. The molecule has 4 rings (SSSR count). The van der Waals surface area contributed by atoms with Crippen LogP contribution in [-0.4, -0.2) is 44.2 Å². The number of benzene rings is 2. The number of carbonyl (C=O) groups is 2. The number of ether oxygens (including phenoxy) is 2. The summed E-state index contributed by atoms with van der Waals surface area (Å²) < 4.78 is 13.6. The third kappa shape index (κ3) is 8.06. The highest BCUT2D eigenvalue weighted by Gasteiger charge is 2.32. The molecule has 0 aliphatic carbocycles. The fourth-order valence-corrected chi connectivity index (χ4v) is 5.83. The van der Waals surface area contributed by atoms with Gasteiger partial charge in [-0.05, 0) is 36.6 Å². The maximum Gasteiger partial charge on any atom is 0.243 e. The first-order valence-electron chi connectivity index (χ1n) is 12.2. The molecule has 1 fully saturated rings. The number of aliphatic hydroxyl groups excluding tert-OH is 1. The third-order valence-corrected chi connectivity index (χ3v) is 7.99. The van der Waals surface area contributed by atoms with Gasteiger partial charge < -0.3 is 19.9 Å². The molecular formula is C26H30N4O6S2. The van der Waals surface area contributed by atoms with Crippen LogP contribution < -0.4 is 10.8 Å². The largest absolute Gasteiger partial charge is 0.392 e. The van der Waals surface area contributed by atoms with E-state index in [1.807, 2.05) is 49.4 Å². The van der Waals surface area contributed by atoms with Crippen LogP contribution >= 0.6 is 23.1 Å². The molecule has 0 unspecified atom stereocenters. The first kappa shape index (κ1) is 28.1. The number of aryl methyl sites for hydroxylation is 1. The van der Waals surface area contributed by atoms with E-state index < -0.39 is 12.2 Å². The minimum absolute atomic E-state index is 0.0226. The second-order valence-electron chi connectivity index (χ2n) is 8.81. The van der Waals surface area contributed by atoms with E-state index in [-0.39, 0.29) is 37.6 Å². The van der Waals surface area contributed by atoms with Crippen molar-refractivity contribution in [2.24, 2.45) is 0 Å². The standard InChI is InChI=1S/C26H30N4O6S2/c1-16-28-29-26(38-16)37-15-21-13-22(18-10-8-17(14-31)9-11-18)36-25(35-21)19-4-2-5-20(12-19)27-23(32)6-3-7-24(33)30-34/h2,4-5,8-12,21-22,25,31,34H,3,6-7,13-15H2,1H3,(H,27,32)(H,30,33)/t21-,22+,25+/m1/s1. The molecule has 0 saturated carbocycles. The molecule has 10 nitrogen and oxygen atoms in total. The van der Waals surface area contributed by atoms with Gasteiger partial charge in [-0.3, -0.25) is 14.8 Å². The summed E-state index contributed by atoms with van der Waals surface area (Å²) in [6.07, 6.45) is 0.169. The lowest BCUT2D eigenvalue weighted by atomic mass is 10.0. The van der Waals surface area contributed by atoms with Crippen molar-refractivity contribution in [3.8, 4) is 0 Å².